The van der Waals surface area contributed by atoms with E-state index in [1.54, 1.807) is 13.8 Å². The molecule has 0 fully saturated rings. The van der Waals surface area contributed by atoms with Gasteiger partial charge in [-0.1, -0.05) is 23.2 Å². The van der Waals surface area contributed by atoms with Crippen LogP contribution in [0.25, 0.3) is 0 Å². The fourth-order valence-electron chi connectivity index (χ4n) is 1.33. The average molecular weight is 334 g/mol. The van der Waals surface area contributed by atoms with Crippen LogP contribution < -0.4 is 11.1 Å². The molecule has 0 bridgehead atoms. The maximum absolute atomic E-state index is 12.0. The third-order valence-corrected chi connectivity index (χ3v) is 3.63. The topological polar surface area (TPSA) is 115 Å². The lowest BCUT2D eigenvalue weighted by atomic mass is 9.92. The number of nitrogens with one attached hydrogen (secondary N) is 1. The quantitative estimate of drug-likeness (QED) is 0.634. The average Bonchev–Trinajstić information content (AvgIpc) is 2.38. The summed E-state index contributed by atoms with van der Waals surface area (Å²) in [7, 11) is 0. The highest BCUT2D eigenvalue weighted by atomic mass is 35.5. The first-order valence-electron chi connectivity index (χ1n) is 5.78. The smallest absolute Gasteiger partial charge is 0.271 e. The van der Waals surface area contributed by atoms with Gasteiger partial charge in [-0.2, -0.15) is 0 Å². The molecule has 0 aliphatic rings. The summed E-state index contributed by atoms with van der Waals surface area (Å²) in [4.78, 5) is 33.3. The molecule has 0 radical (unpaired) electrons. The molecule has 9 heteroatoms. The third kappa shape index (κ3) is 4.05. The SMILES string of the molecule is CC(C)(CNC(=O)c1cc([N+](=O)[O-])cc(Cl)c1Cl)C(N)=O. The fourth-order valence-corrected chi connectivity index (χ4v) is 1.74. The number of carbonyl (C=O) groups excluding carboxylic acids is 2. The van der Waals surface area contributed by atoms with E-state index in [2.05, 4.69) is 5.32 Å². The van der Waals surface area contributed by atoms with Gasteiger partial charge in [0.25, 0.3) is 11.6 Å². The lowest BCUT2D eigenvalue weighted by Gasteiger charge is -2.20. The predicted molar refractivity (Wildman–Crippen MR) is 78.4 cm³/mol. The fraction of sp³-hybridized carbons (Fsp3) is 0.333. The van der Waals surface area contributed by atoms with Crippen molar-refractivity contribution in [3.63, 3.8) is 0 Å². The van der Waals surface area contributed by atoms with E-state index in [-0.39, 0.29) is 27.8 Å². The zero-order valence-corrected chi connectivity index (χ0v) is 12.8. The monoisotopic (exact) mass is 333 g/mol. The summed E-state index contributed by atoms with van der Waals surface area (Å²) < 4.78 is 0. The number of halogens is 2. The van der Waals surface area contributed by atoms with E-state index in [0.717, 1.165) is 12.1 Å². The highest BCUT2D eigenvalue weighted by Gasteiger charge is 2.27. The van der Waals surface area contributed by atoms with Crippen molar-refractivity contribution in [1.29, 1.82) is 0 Å². The molecule has 21 heavy (non-hydrogen) atoms. The molecule has 0 unspecified atom stereocenters. The summed E-state index contributed by atoms with van der Waals surface area (Å²) in [6.07, 6.45) is 0. The van der Waals surface area contributed by atoms with Crippen LogP contribution in [0.15, 0.2) is 12.1 Å². The van der Waals surface area contributed by atoms with Crippen LogP contribution in [-0.2, 0) is 4.79 Å². The van der Waals surface area contributed by atoms with Gasteiger partial charge in [-0.3, -0.25) is 19.7 Å². The number of non-ortho nitro benzene ring substituents is 1. The third-order valence-electron chi connectivity index (χ3n) is 2.83. The van der Waals surface area contributed by atoms with Crippen molar-refractivity contribution in [2.75, 3.05) is 6.54 Å². The Kier molecular flexibility index (Phi) is 5.14. The second kappa shape index (κ2) is 6.28. The van der Waals surface area contributed by atoms with Gasteiger partial charge in [-0.25, -0.2) is 0 Å². The van der Waals surface area contributed by atoms with Gasteiger partial charge in [0.2, 0.25) is 5.91 Å². The minimum absolute atomic E-state index is 0.0438. The molecule has 3 N–H and O–H groups in total. The molecule has 1 aromatic rings. The summed E-state index contributed by atoms with van der Waals surface area (Å²) in [6.45, 7) is 3.06. The number of carbonyl (C=O) groups is 2. The van der Waals surface area contributed by atoms with E-state index in [0.29, 0.717) is 0 Å². The largest absolute Gasteiger partial charge is 0.369 e. The van der Waals surface area contributed by atoms with Gasteiger partial charge in [0.05, 0.1) is 25.9 Å². The highest BCUT2D eigenvalue weighted by Crippen LogP contribution is 2.30. The first-order valence-corrected chi connectivity index (χ1v) is 6.53. The minimum atomic E-state index is -0.966. The van der Waals surface area contributed by atoms with Crippen molar-refractivity contribution in [3.05, 3.63) is 37.9 Å². The number of rotatable bonds is 5. The molecule has 0 saturated carbocycles. The van der Waals surface area contributed by atoms with E-state index in [4.69, 9.17) is 28.9 Å². The molecule has 2 amide bonds. The molecule has 0 heterocycles. The Bertz CT molecular complexity index is 617. The van der Waals surface area contributed by atoms with Crippen molar-refractivity contribution in [2.24, 2.45) is 11.1 Å². The number of nitro benzene ring substituents is 1. The standard InChI is InChI=1S/C12H13Cl2N3O4/c1-12(2,11(15)19)5-16-10(18)7-3-6(17(20)21)4-8(13)9(7)14/h3-4H,5H2,1-2H3,(H2,15,19)(H,16,18). The number of nitrogens with two attached hydrogens (primary N) is 1. The molecule has 0 spiro atoms. The summed E-state index contributed by atoms with van der Waals surface area (Å²) in [5.74, 6) is -1.27. The van der Waals surface area contributed by atoms with Gasteiger partial charge < -0.3 is 11.1 Å². The van der Waals surface area contributed by atoms with Crippen LogP contribution >= 0.6 is 23.2 Å². The Labute approximate surface area is 130 Å². The molecular weight excluding hydrogens is 321 g/mol. The lowest BCUT2D eigenvalue weighted by molar-refractivity contribution is -0.384. The Balaban J connectivity index is 3.03. The van der Waals surface area contributed by atoms with E-state index in [9.17, 15) is 19.7 Å². The van der Waals surface area contributed by atoms with E-state index in [1.807, 2.05) is 0 Å². The molecule has 0 aliphatic carbocycles. The van der Waals surface area contributed by atoms with Crippen molar-refractivity contribution in [3.8, 4) is 0 Å². The summed E-state index contributed by atoms with van der Waals surface area (Å²) in [5, 5.41) is 13.0. The first-order chi connectivity index (χ1) is 9.56. The summed E-state index contributed by atoms with van der Waals surface area (Å²) in [5.41, 5.74) is 3.72. The first kappa shape index (κ1) is 17.2. The van der Waals surface area contributed by atoms with Crippen LogP contribution in [0.3, 0.4) is 0 Å². The highest BCUT2D eigenvalue weighted by molar-refractivity contribution is 6.44. The van der Waals surface area contributed by atoms with Crippen molar-refractivity contribution >= 4 is 40.7 Å². The number of primary amides is 1. The van der Waals surface area contributed by atoms with Gasteiger partial charge >= 0.3 is 0 Å². The normalized spacial score (nSPS) is 11.0. The molecule has 1 rings (SSSR count). The second-order valence-electron chi connectivity index (χ2n) is 4.98. The van der Waals surface area contributed by atoms with Gasteiger partial charge in [0.1, 0.15) is 0 Å². The molecule has 1 aromatic carbocycles. The number of hydrogen-bond acceptors (Lipinski definition) is 4. The zero-order chi connectivity index (χ0) is 16.4. The molecule has 7 nitrogen and oxygen atoms in total. The molecule has 0 atom stereocenters. The van der Waals surface area contributed by atoms with Crippen LogP contribution in [0, 0.1) is 15.5 Å². The van der Waals surface area contributed by atoms with Crippen molar-refractivity contribution in [2.45, 2.75) is 13.8 Å². The van der Waals surface area contributed by atoms with Crippen LogP contribution in [0.4, 0.5) is 5.69 Å². The van der Waals surface area contributed by atoms with Crippen LogP contribution in [0.1, 0.15) is 24.2 Å². The van der Waals surface area contributed by atoms with Gasteiger partial charge in [0.15, 0.2) is 0 Å². The lowest BCUT2D eigenvalue weighted by Crippen LogP contribution is -2.42. The summed E-state index contributed by atoms with van der Waals surface area (Å²) in [6, 6.07) is 2.06. The van der Waals surface area contributed by atoms with Crippen molar-refractivity contribution in [1.82, 2.24) is 5.32 Å². The van der Waals surface area contributed by atoms with E-state index in [1.165, 1.54) is 0 Å². The number of amides is 2. The number of hydrogen-bond donors (Lipinski definition) is 2. The molecule has 0 saturated heterocycles. The Hall–Kier alpha value is -1.86. The number of nitro groups is 1. The van der Waals surface area contributed by atoms with Crippen LogP contribution in [0.5, 0.6) is 0 Å². The predicted octanol–water partition coefficient (Wildman–Crippen LogP) is 2.14. The number of benzene rings is 1. The molecular formula is C12H13Cl2N3O4. The van der Waals surface area contributed by atoms with Crippen LogP contribution in [-0.4, -0.2) is 23.3 Å². The Morgan fingerprint density at radius 1 is 1.38 bits per heavy atom. The van der Waals surface area contributed by atoms with Gasteiger partial charge in [0, 0.05) is 18.7 Å². The van der Waals surface area contributed by atoms with E-state index >= 15 is 0 Å². The molecule has 114 valence electrons. The Morgan fingerprint density at radius 2 is 1.95 bits per heavy atom. The Morgan fingerprint density at radius 3 is 2.43 bits per heavy atom. The van der Waals surface area contributed by atoms with Gasteiger partial charge in [-0.15, -0.1) is 0 Å². The molecule has 0 aliphatic heterocycles. The summed E-state index contributed by atoms with van der Waals surface area (Å²) >= 11 is 11.6. The van der Waals surface area contributed by atoms with Gasteiger partial charge in [-0.05, 0) is 13.8 Å². The van der Waals surface area contributed by atoms with Crippen LogP contribution in [0.2, 0.25) is 10.0 Å². The van der Waals surface area contributed by atoms with Crippen molar-refractivity contribution < 1.29 is 14.5 Å². The minimum Gasteiger partial charge on any atom is -0.369 e. The maximum Gasteiger partial charge on any atom is 0.271 e. The zero-order valence-electron chi connectivity index (χ0n) is 11.3. The second-order valence-corrected chi connectivity index (χ2v) is 5.76. The molecule has 0 aromatic heterocycles. The number of nitrogens with zero attached hydrogens (tertiary/aromatic N) is 1. The maximum atomic E-state index is 12.0. The van der Waals surface area contributed by atoms with E-state index < -0.39 is 22.2 Å².